The van der Waals surface area contributed by atoms with E-state index in [0.717, 1.165) is 35.6 Å². The highest BCUT2D eigenvalue weighted by Crippen LogP contribution is 2.36. The van der Waals surface area contributed by atoms with Crippen LogP contribution >= 0.6 is 34.5 Å². The number of nitrogens with one attached hydrogen (secondary N) is 1. The summed E-state index contributed by atoms with van der Waals surface area (Å²) in [5.41, 5.74) is 1.93. The molecule has 3 aromatic rings. The number of halogens is 2. The lowest BCUT2D eigenvalue weighted by Gasteiger charge is -2.06. The Bertz CT molecular complexity index is 901. The molecule has 9 heteroatoms. The van der Waals surface area contributed by atoms with Gasteiger partial charge in [0.2, 0.25) is 0 Å². The molecule has 0 bridgehead atoms. The largest absolute Gasteiger partial charge is 0.322 e. The minimum absolute atomic E-state index is 0.293. The number of anilines is 1. The van der Waals surface area contributed by atoms with Crippen molar-refractivity contribution in [1.29, 1.82) is 0 Å². The molecule has 4 rings (SSSR count). The smallest absolute Gasteiger partial charge is 0.258 e. The van der Waals surface area contributed by atoms with E-state index in [1.807, 2.05) is 16.8 Å². The van der Waals surface area contributed by atoms with E-state index < -0.39 is 0 Å². The molecule has 1 aliphatic carbocycles. The normalized spacial score (nSPS) is 13.9. The van der Waals surface area contributed by atoms with Gasteiger partial charge in [-0.25, -0.2) is 4.68 Å². The molecule has 1 fully saturated rings. The Morgan fingerprint density at radius 1 is 1.25 bits per heavy atom. The molecule has 1 saturated carbocycles. The van der Waals surface area contributed by atoms with Gasteiger partial charge in [0.05, 0.1) is 15.9 Å². The fourth-order valence-corrected chi connectivity index (χ4v) is 3.80. The Morgan fingerprint density at radius 2 is 2.00 bits per heavy atom. The van der Waals surface area contributed by atoms with Crippen LogP contribution in [0.5, 0.6) is 0 Å². The highest BCUT2D eigenvalue weighted by atomic mass is 35.5. The number of carbonyl (C=O) groups excluding carboxylic acids is 1. The molecule has 0 radical (unpaired) electrons. The lowest BCUT2D eigenvalue weighted by Crippen LogP contribution is -2.11. The first kappa shape index (κ1) is 15.6. The first-order valence-electron chi connectivity index (χ1n) is 7.26. The number of amides is 1. The monoisotopic (exact) mass is 379 g/mol. The van der Waals surface area contributed by atoms with Crippen LogP contribution in [0.25, 0.3) is 11.4 Å². The zero-order chi connectivity index (χ0) is 16.7. The molecule has 0 aliphatic heterocycles. The predicted octanol–water partition coefficient (Wildman–Crippen LogP) is 4.30. The summed E-state index contributed by atoms with van der Waals surface area (Å²) >= 11 is 13.0. The average molecular weight is 380 g/mol. The Morgan fingerprint density at radius 3 is 2.62 bits per heavy atom. The van der Waals surface area contributed by atoms with Crippen LogP contribution in [0, 0.1) is 0 Å². The number of nitrogens with zero attached hydrogens (tertiary/aromatic N) is 4. The molecule has 2 heterocycles. The lowest BCUT2D eigenvalue weighted by molar-refractivity contribution is 0.102. The number of hydrogen-bond acceptors (Lipinski definition) is 5. The second-order valence-electron chi connectivity index (χ2n) is 5.45. The molecule has 0 unspecified atom stereocenters. The summed E-state index contributed by atoms with van der Waals surface area (Å²) in [6, 6.07) is 9.33. The molecule has 2 aromatic heterocycles. The summed E-state index contributed by atoms with van der Waals surface area (Å²) in [5.74, 6) is 0.446. The van der Waals surface area contributed by atoms with Gasteiger partial charge in [-0.1, -0.05) is 23.2 Å². The van der Waals surface area contributed by atoms with Crippen molar-refractivity contribution in [3.63, 3.8) is 0 Å². The number of hydrogen-bond donors (Lipinski definition) is 1. The topological polar surface area (TPSA) is 72.7 Å². The molecule has 0 saturated heterocycles. The highest BCUT2D eigenvalue weighted by molar-refractivity contribution is 7.20. The second kappa shape index (κ2) is 6.16. The molecule has 0 spiro atoms. The van der Waals surface area contributed by atoms with Crippen LogP contribution in [-0.4, -0.2) is 26.1 Å². The predicted molar refractivity (Wildman–Crippen MR) is 93.8 cm³/mol. The first-order chi connectivity index (χ1) is 11.6. The Labute approximate surface area is 151 Å². The fraction of sp³-hybridized carbons (Fsp3) is 0.200. The van der Waals surface area contributed by atoms with Gasteiger partial charge in [0.1, 0.15) is 4.34 Å². The standard InChI is InChI=1S/C15H11Cl2N5OS/c16-12-7-11(13(17)24-12)15(23)18-9-3-1-8(2-4-9)14-19-20-21-22(14)10-5-6-10/h1-4,7,10H,5-6H2,(H,18,23). The Kier molecular flexibility index (Phi) is 3.99. The van der Waals surface area contributed by atoms with Crippen molar-refractivity contribution >= 4 is 46.1 Å². The third kappa shape index (κ3) is 3.02. The summed E-state index contributed by atoms with van der Waals surface area (Å²) in [5, 5.41) is 14.7. The molecule has 1 aromatic carbocycles. The van der Waals surface area contributed by atoms with Crippen LogP contribution in [0.1, 0.15) is 29.2 Å². The van der Waals surface area contributed by atoms with Crippen LogP contribution in [0.3, 0.4) is 0 Å². The molecule has 1 amide bonds. The van der Waals surface area contributed by atoms with Gasteiger partial charge in [-0.2, -0.15) is 0 Å². The van der Waals surface area contributed by atoms with E-state index >= 15 is 0 Å². The molecule has 24 heavy (non-hydrogen) atoms. The van der Waals surface area contributed by atoms with E-state index in [9.17, 15) is 4.79 Å². The van der Waals surface area contributed by atoms with Crippen molar-refractivity contribution in [3.05, 3.63) is 44.6 Å². The van der Waals surface area contributed by atoms with E-state index in [-0.39, 0.29) is 5.91 Å². The number of aromatic nitrogens is 4. The van der Waals surface area contributed by atoms with Gasteiger partial charge in [0.15, 0.2) is 5.82 Å². The summed E-state index contributed by atoms with van der Waals surface area (Å²) < 4.78 is 2.70. The van der Waals surface area contributed by atoms with Gasteiger partial charge in [-0.15, -0.1) is 16.4 Å². The van der Waals surface area contributed by atoms with Crippen molar-refractivity contribution in [1.82, 2.24) is 20.2 Å². The fourth-order valence-electron chi connectivity index (χ4n) is 2.34. The zero-order valence-electron chi connectivity index (χ0n) is 12.2. The van der Waals surface area contributed by atoms with Gasteiger partial charge in [-0.05, 0) is 53.6 Å². The van der Waals surface area contributed by atoms with E-state index in [1.54, 1.807) is 18.2 Å². The first-order valence-corrected chi connectivity index (χ1v) is 8.83. The van der Waals surface area contributed by atoms with Gasteiger partial charge >= 0.3 is 0 Å². The zero-order valence-corrected chi connectivity index (χ0v) is 14.6. The number of rotatable bonds is 4. The molecule has 122 valence electrons. The second-order valence-corrected chi connectivity index (χ2v) is 7.73. The molecule has 1 N–H and O–H groups in total. The third-order valence-electron chi connectivity index (χ3n) is 3.69. The minimum atomic E-state index is -0.293. The van der Waals surface area contributed by atoms with Gasteiger partial charge in [-0.3, -0.25) is 4.79 Å². The van der Waals surface area contributed by atoms with Crippen LogP contribution in [0.4, 0.5) is 5.69 Å². The van der Waals surface area contributed by atoms with E-state index in [0.29, 0.717) is 26.0 Å². The molecular formula is C15H11Cl2N5OS. The highest BCUT2D eigenvalue weighted by Gasteiger charge is 2.28. The van der Waals surface area contributed by atoms with Gasteiger partial charge in [0, 0.05) is 11.3 Å². The minimum Gasteiger partial charge on any atom is -0.322 e. The summed E-state index contributed by atoms with van der Waals surface area (Å²) in [6.07, 6.45) is 2.21. The summed E-state index contributed by atoms with van der Waals surface area (Å²) in [7, 11) is 0. The van der Waals surface area contributed by atoms with Crippen LogP contribution in [0.15, 0.2) is 30.3 Å². The molecule has 6 nitrogen and oxygen atoms in total. The SMILES string of the molecule is O=C(Nc1ccc(-c2nnnn2C2CC2)cc1)c1cc(Cl)sc1Cl. The number of thiophene rings is 1. The Balaban J connectivity index is 1.52. The maximum Gasteiger partial charge on any atom is 0.258 e. The van der Waals surface area contributed by atoms with Crippen LogP contribution in [-0.2, 0) is 0 Å². The van der Waals surface area contributed by atoms with Crippen molar-refractivity contribution in [2.75, 3.05) is 5.32 Å². The molecule has 1 aliphatic rings. The van der Waals surface area contributed by atoms with Crippen LogP contribution in [0.2, 0.25) is 8.67 Å². The lowest BCUT2D eigenvalue weighted by atomic mass is 10.2. The van der Waals surface area contributed by atoms with Gasteiger partial charge < -0.3 is 5.32 Å². The maximum atomic E-state index is 12.2. The summed E-state index contributed by atoms with van der Waals surface area (Å²) in [4.78, 5) is 12.2. The van der Waals surface area contributed by atoms with Crippen molar-refractivity contribution in [3.8, 4) is 11.4 Å². The van der Waals surface area contributed by atoms with Crippen LogP contribution < -0.4 is 5.32 Å². The molecular weight excluding hydrogens is 369 g/mol. The maximum absolute atomic E-state index is 12.2. The van der Waals surface area contributed by atoms with Gasteiger partial charge in [0.25, 0.3) is 5.91 Å². The number of tetrazole rings is 1. The number of benzene rings is 1. The average Bonchev–Trinajstić information content (AvgIpc) is 3.19. The third-order valence-corrected chi connectivity index (χ3v) is 5.18. The summed E-state index contributed by atoms with van der Waals surface area (Å²) in [6.45, 7) is 0. The van der Waals surface area contributed by atoms with Crippen molar-refractivity contribution in [2.24, 2.45) is 0 Å². The van der Waals surface area contributed by atoms with E-state index in [1.165, 1.54) is 0 Å². The van der Waals surface area contributed by atoms with Crippen molar-refractivity contribution in [2.45, 2.75) is 18.9 Å². The molecule has 0 atom stereocenters. The van der Waals surface area contributed by atoms with E-state index in [2.05, 4.69) is 20.8 Å². The Hall–Kier alpha value is -1.96. The van der Waals surface area contributed by atoms with E-state index in [4.69, 9.17) is 23.2 Å². The van der Waals surface area contributed by atoms with Crippen molar-refractivity contribution < 1.29 is 4.79 Å². The quantitative estimate of drug-likeness (QED) is 0.733. The number of carbonyl (C=O) groups is 1.